The van der Waals surface area contributed by atoms with Gasteiger partial charge < -0.3 is 19.4 Å². The minimum atomic E-state index is -0.809. The molecular formula is C22H23FO5. The third-order valence-corrected chi connectivity index (χ3v) is 4.68. The van der Waals surface area contributed by atoms with Crippen LogP contribution < -0.4 is 9.47 Å². The quantitative estimate of drug-likeness (QED) is 0.657. The number of aldehydes is 1. The lowest BCUT2D eigenvalue weighted by Gasteiger charge is -2.14. The summed E-state index contributed by atoms with van der Waals surface area (Å²) in [6, 6.07) is 9.72. The number of carbonyl (C=O) groups is 2. The number of aliphatic carboxylic acids is 1. The van der Waals surface area contributed by atoms with Gasteiger partial charge in [0.1, 0.15) is 23.6 Å². The first kappa shape index (κ1) is 19.9. The average molecular weight is 386 g/mol. The monoisotopic (exact) mass is 386 g/mol. The summed E-state index contributed by atoms with van der Waals surface area (Å²) in [6.45, 7) is 4.08. The standard InChI is InChI=1S/C22H23FO5/c1-13(2)28-17-4-5-20(23)18(11-17)14-3-6-21(15(9-14)7-8-24)27-12-16-10-19(16)22(25)26/h3-6,8-9,11,13,16,19H,7,10,12H2,1-2H3,(H,25,26)/t16-,19+/m0/s1. The van der Waals surface area contributed by atoms with E-state index in [0.717, 1.165) is 6.29 Å². The molecule has 0 amide bonds. The van der Waals surface area contributed by atoms with Crippen LogP contribution in [0, 0.1) is 17.7 Å². The molecule has 0 radical (unpaired) electrons. The molecule has 148 valence electrons. The van der Waals surface area contributed by atoms with Crippen LogP contribution >= 0.6 is 0 Å². The van der Waals surface area contributed by atoms with Gasteiger partial charge in [0.2, 0.25) is 0 Å². The molecule has 0 aliphatic heterocycles. The summed E-state index contributed by atoms with van der Waals surface area (Å²) in [6.07, 6.45) is 1.46. The largest absolute Gasteiger partial charge is 0.493 e. The lowest BCUT2D eigenvalue weighted by molar-refractivity contribution is -0.139. The van der Waals surface area contributed by atoms with Gasteiger partial charge in [-0.05, 0) is 56.2 Å². The third-order valence-electron chi connectivity index (χ3n) is 4.68. The zero-order valence-electron chi connectivity index (χ0n) is 15.9. The summed E-state index contributed by atoms with van der Waals surface area (Å²) in [5, 5.41) is 8.98. The van der Waals surface area contributed by atoms with Gasteiger partial charge in [-0.15, -0.1) is 0 Å². The Morgan fingerprint density at radius 2 is 2.07 bits per heavy atom. The second-order valence-corrected chi connectivity index (χ2v) is 7.25. The summed E-state index contributed by atoms with van der Waals surface area (Å²) >= 11 is 0. The van der Waals surface area contributed by atoms with Crippen LogP contribution in [0.1, 0.15) is 25.8 Å². The Morgan fingerprint density at radius 3 is 2.71 bits per heavy atom. The van der Waals surface area contributed by atoms with E-state index in [1.165, 1.54) is 6.07 Å². The molecule has 1 aliphatic carbocycles. The Labute approximate surface area is 163 Å². The number of hydrogen-bond acceptors (Lipinski definition) is 4. The summed E-state index contributed by atoms with van der Waals surface area (Å²) in [5.41, 5.74) is 1.63. The topological polar surface area (TPSA) is 72.8 Å². The number of hydrogen-bond donors (Lipinski definition) is 1. The molecule has 2 aromatic rings. The highest BCUT2D eigenvalue weighted by Crippen LogP contribution is 2.39. The molecule has 2 atom stereocenters. The van der Waals surface area contributed by atoms with Crippen LogP contribution in [-0.4, -0.2) is 30.1 Å². The zero-order valence-corrected chi connectivity index (χ0v) is 15.9. The number of carbonyl (C=O) groups excluding carboxylic acids is 1. The van der Waals surface area contributed by atoms with Crippen molar-refractivity contribution in [2.45, 2.75) is 32.8 Å². The minimum Gasteiger partial charge on any atom is -0.493 e. The molecule has 0 spiro atoms. The van der Waals surface area contributed by atoms with Crippen molar-refractivity contribution in [3.8, 4) is 22.6 Å². The van der Waals surface area contributed by atoms with Gasteiger partial charge in [-0.25, -0.2) is 4.39 Å². The van der Waals surface area contributed by atoms with Gasteiger partial charge in [-0.3, -0.25) is 4.79 Å². The van der Waals surface area contributed by atoms with Crippen LogP contribution in [-0.2, 0) is 16.0 Å². The van der Waals surface area contributed by atoms with E-state index in [1.54, 1.807) is 30.3 Å². The van der Waals surface area contributed by atoms with E-state index in [0.29, 0.717) is 34.6 Å². The number of rotatable bonds is 9. The highest BCUT2D eigenvalue weighted by atomic mass is 19.1. The molecule has 0 aromatic heterocycles. The minimum absolute atomic E-state index is 0.0106. The number of carboxylic acid groups (broad SMARTS) is 1. The molecule has 0 heterocycles. The second kappa shape index (κ2) is 8.42. The van der Waals surface area contributed by atoms with E-state index in [2.05, 4.69) is 0 Å². The first-order valence-electron chi connectivity index (χ1n) is 9.27. The van der Waals surface area contributed by atoms with E-state index in [-0.39, 0.29) is 36.8 Å². The predicted molar refractivity (Wildman–Crippen MR) is 102 cm³/mol. The van der Waals surface area contributed by atoms with Crippen LogP contribution in [0.4, 0.5) is 4.39 Å². The predicted octanol–water partition coefficient (Wildman–Crippen LogP) is 4.12. The maximum Gasteiger partial charge on any atom is 0.306 e. The summed E-state index contributed by atoms with van der Waals surface area (Å²) in [5.74, 6) is -0.478. The normalized spacial score (nSPS) is 18.0. The molecule has 28 heavy (non-hydrogen) atoms. The van der Waals surface area contributed by atoms with E-state index < -0.39 is 5.97 Å². The molecular weight excluding hydrogens is 363 g/mol. The fourth-order valence-electron chi connectivity index (χ4n) is 3.14. The van der Waals surface area contributed by atoms with Crippen molar-refractivity contribution in [2.24, 2.45) is 11.8 Å². The van der Waals surface area contributed by atoms with Crippen molar-refractivity contribution in [1.82, 2.24) is 0 Å². The smallest absolute Gasteiger partial charge is 0.306 e. The van der Waals surface area contributed by atoms with Crippen LogP contribution in [0.3, 0.4) is 0 Å². The Bertz CT molecular complexity index is 877. The summed E-state index contributed by atoms with van der Waals surface area (Å²) in [4.78, 5) is 22.0. The number of halogens is 1. The molecule has 5 nitrogen and oxygen atoms in total. The Kier molecular flexibility index (Phi) is 5.97. The maximum atomic E-state index is 14.4. The van der Waals surface area contributed by atoms with Crippen molar-refractivity contribution >= 4 is 12.3 Å². The molecule has 1 aliphatic rings. The van der Waals surface area contributed by atoms with Crippen LogP contribution in [0.15, 0.2) is 36.4 Å². The van der Waals surface area contributed by atoms with Crippen molar-refractivity contribution < 1.29 is 28.6 Å². The Hall–Kier alpha value is -2.89. The molecule has 0 unspecified atom stereocenters. The van der Waals surface area contributed by atoms with Gasteiger partial charge >= 0.3 is 5.97 Å². The molecule has 3 rings (SSSR count). The molecule has 6 heteroatoms. The molecule has 1 N–H and O–H groups in total. The van der Waals surface area contributed by atoms with Gasteiger partial charge in [0.15, 0.2) is 0 Å². The fraction of sp³-hybridized carbons (Fsp3) is 0.364. The van der Waals surface area contributed by atoms with Gasteiger partial charge in [-0.1, -0.05) is 6.07 Å². The molecule has 1 saturated carbocycles. The lowest BCUT2D eigenvalue weighted by atomic mass is 10.0. The van der Waals surface area contributed by atoms with Gasteiger partial charge in [0.25, 0.3) is 0 Å². The van der Waals surface area contributed by atoms with Crippen LogP contribution in [0.2, 0.25) is 0 Å². The molecule has 1 fully saturated rings. The first-order chi connectivity index (χ1) is 13.4. The van der Waals surface area contributed by atoms with Crippen molar-refractivity contribution in [3.63, 3.8) is 0 Å². The van der Waals surface area contributed by atoms with E-state index in [1.807, 2.05) is 13.8 Å². The molecule has 0 bridgehead atoms. The van der Waals surface area contributed by atoms with Gasteiger partial charge in [0, 0.05) is 23.5 Å². The molecule has 0 saturated heterocycles. The zero-order chi connectivity index (χ0) is 20.3. The first-order valence-corrected chi connectivity index (χ1v) is 9.27. The number of ether oxygens (including phenoxy) is 2. The Balaban J connectivity index is 1.82. The third kappa shape index (κ3) is 4.68. The average Bonchev–Trinajstić information content (AvgIpc) is 3.42. The SMILES string of the molecule is CC(C)Oc1ccc(F)c(-c2ccc(OC[C@@H]3C[C@H]3C(=O)O)c(CC=O)c2)c1. The lowest BCUT2D eigenvalue weighted by Crippen LogP contribution is -2.07. The van der Waals surface area contributed by atoms with Gasteiger partial charge in [-0.2, -0.15) is 0 Å². The number of benzene rings is 2. The van der Waals surface area contributed by atoms with E-state index in [4.69, 9.17) is 14.6 Å². The van der Waals surface area contributed by atoms with Gasteiger partial charge in [0.05, 0.1) is 18.6 Å². The number of carboxylic acids is 1. The van der Waals surface area contributed by atoms with E-state index in [9.17, 15) is 14.0 Å². The Morgan fingerprint density at radius 1 is 1.29 bits per heavy atom. The molecule has 2 aromatic carbocycles. The highest BCUT2D eigenvalue weighted by Gasteiger charge is 2.43. The maximum absolute atomic E-state index is 14.4. The summed E-state index contributed by atoms with van der Waals surface area (Å²) in [7, 11) is 0. The fourth-order valence-corrected chi connectivity index (χ4v) is 3.14. The van der Waals surface area contributed by atoms with Crippen molar-refractivity contribution in [3.05, 3.63) is 47.8 Å². The summed E-state index contributed by atoms with van der Waals surface area (Å²) < 4.78 is 25.8. The second-order valence-electron chi connectivity index (χ2n) is 7.25. The van der Waals surface area contributed by atoms with E-state index >= 15 is 0 Å². The van der Waals surface area contributed by atoms with Crippen LogP contribution in [0.5, 0.6) is 11.5 Å². The highest BCUT2D eigenvalue weighted by molar-refractivity contribution is 5.73. The van der Waals surface area contributed by atoms with Crippen LogP contribution in [0.25, 0.3) is 11.1 Å². The van der Waals surface area contributed by atoms with Crippen molar-refractivity contribution in [2.75, 3.05) is 6.61 Å². The van der Waals surface area contributed by atoms with Crippen molar-refractivity contribution in [1.29, 1.82) is 0 Å².